The molecule has 110 valence electrons. The number of imidazole rings is 1. The fraction of sp³-hybridized carbons (Fsp3) is 0.727. The number of halogens is 1. The molecule has 1 fully saturated rings. The van der Waals surface area contributed by atoms with Crippen molar-refractivity contribution in [1.29, 1.82) is 0 Å². The minimum Gasteiger partial charge on any atom is -0.336 e. The molecule has 0 radical (unpaired) electrons. The Balaban J connectivity index is 0.00000180. The number of rotatable bonds is 4. The second-order valence-electron chi connectivity index (χ2n) is 4.74. The second-order valence-corrected chi connectivity index (χ2v) is 6.40. The van der Waals surface area contributed by atoms with Crippen molar-refractivity contribution in [2.24, 2.45) is 0 Å². The first-order valence-corrected chi connectivity index (χ1v) is 7.77. The van der Waals surface area contributed by atoms with Gasteiger partial charge in [-0.2, -0.15) is 0 Å². The molecule has 2 atom stereocenters. The van der Waals surface area contributed by atoms with E-state index in [1.54, 1.807) is 17.1 Å². The minimum absolute atomic E-state index is 0. The zero-order valence-corrected chi connectivity index (χ0v) is 12.8. The van der Waals surface area contributed by atoms with Crippen LogP contribution in [0.5, 0.6) is 0 Å². The summed E-state index contributed by atoms with van der Waals surface area (Å²) in [6.07, 6.45) is 4.73. The predicted octanol–water partition coefficient (Wildman–Crippen LogP) is 0.744. The lowest BCUT2D eigenvalue weighted by atomic mass is 10.0. The summed E-state index contributed by atoms with van der Waals surface area (Å²) >= 11 is 0. The first kappa shape index (κ1) is 16.4. The fourth-order valence-electron chi connectivity index (χ4n) is 2.17. The highest BCUT2D eigenvalue weighted by atomic mass is 35.5. The first-order valence-electron chi connectivity index (χ1n) is 6.28. The number of piperidine rings is 1. The number of hydrogen-bond acceptors (Lipinski definition) is 4. The summed E-state index contributed by atoms with van der Waals surface area (Å²) in [5, 5.41) is 3.40. The smallest absolute Gasteiger partial charge is 0.259 e. The van der Waals surface area contributed by atoms with Crippen molar-refractivity contribution in [3.8, 4) is 0 Å². The summed E-state index contributed by atoms with van der Waals surface area (Å²) in [6, 6.07) is 0.345. The Labute approximate surface area is 120 Å². The number of aromatic nitrogens is 2. The molecule has 0 amide bonds. The maximum Gasteiger partial charge on any atom is 0.259 e. The van der Waals surface area contributed by atoms with Gasteiger partial charge in [0.1, 0.15) is 0 Å². The SMILES string of the molecule is CCn1cnc(S(=O)(=O)NC2CCNC(C)C2)c1.Cl. The molecule has 6 nitrogen and oxygen atoms in total. The highest BCUT2D eigenvalue weighted by molar-refractivity contribution is 7.89. The van der Waals surface area contributed by atoms with Crippen molar-refractivity contribution in [3.63, 3.8) is 0 Å². The topological polar surface area (TPSA) is 76.0 Å². The molecule has 2 rings (SSSR count). The second kappa shape index (κ2) is 6.69. The van der Waals surface area contributed by atoms with Crippen LogP contribution in [0.25, 0.3) is 0 Å². The van der Waals surface area contributed by atoms with E-state index in [0.717, 1.165) is 19.4 Å². The van der Waals surface area contributed by atoms with Gasteiger partial charge in [-0.05, 0) is 33.2 Å². The number of nitrogens with zero attached hydrogens (tertiary/aromatic N) is 2. The molecule has 2 N–H and O–H groups in total. The summed E-state index contributed by atoms with van der Waals surface area (Å²) in [6.45, 7) is 5.57. The van der Waals surface area contributed by atoms with E-state index < -0.39 is 10.0 Å². The standard InChI is InChI=1S/C11H20N4O2S.ClH/c1-3-15-7-11(13-8-15)18(16,17)14-10-4-5-12-9(2)6-10;/h7-10,12,14H,3-6H2,1-2H3;1H. The van der Waals surface area contributed by atoms with Crippen LogP contribution in [0, 0.1) is 0 Å². The summed E-state index contributed by atoms with van der Waals surface area (Å²) < 4.78 is 28.7. The lowest BCUT2D eigenvalue weighted by Gasteiger charge is -2.28. The molecule has 0 saturated carbocycles. The molecule has 19 heavy (non-hydrogen) atoms. The third kappa shape index (κ3) is 4.17. The van der Waals surface area contributed by atoms with Crippen LogP contribution in [-0.2, 0) is 16.6 Å². The molecule has 1 saturated heterocycles. The molecule has 2 heterocycles. The van der Waals surface area contributed by atoms with E-state index >= 15 is 0 Å². The van der Waals surface area contributed by atoms with Crippen molar-refractivity contribution in [2.45, 2.75) is 50.3 Å². The molecule has 0 aliphatic carbocycles. The highest BCUT2D eigenvalue weighted by Crippen LogP contribution is 2.12. The maximum absolute atomic E-state index is 12.1. The fourth-order valence-corrected chi connectivity index (χ4v) is 3.40. The molecule has 2 unspecified atom stereocenters. The average Bonchev–Trinajstić information content (AvgIpc) is 2.77. The minimum atomic E-state index is -3.48. The van der Waals surface area contributed by atoms with Gasteiger partial charge in [0.25, 0.3) is 10.0 Å². The molecule has 0 bridgehead atoms. The van der Waals surface area contributed by atoms with Crippen LogP contribution in [0.1, 0.15) is 26.7 Å². The quantitative estimate of drug-likeness (QED) is 0.860. The number of sulfonamides is 1. The Morgan fingerprint density at radius 3 is 2.89 bits per heavy atom. The van der Waals surface area contributed by atoms with E-state index in [2.05, 4.69) is 21.9 Å². The highest BCUT2D eigenvalue weighted by Gasteiger charge is 2.25. The van der Waals surface area contributed by atoms with E-state index in [9.17, 15) is 8.42 Å². The third-order valence-electron chi connectivity index (χ3n) is 3.20. The van der Waals surface area contributed by atoms with Crippen LogP contribution in [-0.4, -0.2) is 36.6 Å². The van der Waals surface area contributed by atoms with E-state index in [0.29, 0.717) is 12.6 Å². The normalized spacial score (nSPS) is 23.9. The van der Waals surface area contributed by atoms with Crippen molar-refractivity contribution in [2.75, 3.05) is 6.54 Å². The Hall–Kier alpha value is -0.630. The molecule has 1 aliphatic rings. The Morgan fingerprint density at radius 1 is 1.58 bits per heavy atom. The Kier molecular flexibility index (Phi) is 5.79. The average molecular weight is 309 g/mol. The molecular formula is C11H21ClN4O2S. The van der Waals surface area contributed by atoms with Crippen LogP contribution in [0.2, 0.25) is 0 Å². The largest absolute Gasteiger partial charge is 0.336 e. The maximum atomic E-state index is 12.1. The van der Waals surface area contributed by atoms with Crippen molar-refractivity contribution in [1.82, 2.24) is 19.6 Å². The molecule has 1 aromatic heterocycles. The van der Waals surface area contributed by atoms with Gasteiger partial charge in [-0.15, -0.1) is 12.4 Å². The Morgan fingerprint density at radius 2 is 2.32 bits per heavy atom. The van der Waals surface area contributed by atoms with Crippen LogP contribution < -0.4 is 10.0 Å². The number of aryl methyl sites for hydroxylation is 1. The number of hydrogen-bond donors (Lipinski definition) is 2. The van der Waals surface area contributed by atoms with Crippen LogP contribution in [0.3, 0.4) is 0 Å². The van der Waals surface area contributed by atoms with Gasteiger partial charge in [-0.25, -0.2) is 18.1 Å². The van der Waals surface area contributed by atoms with Gasteiger partial charge in [-0.1, -0.05) is 0 Å². The van der Waals surface area contributed by atoms with Crippen molar-refractivity contribution >= 4 is 22.4 Å². The van der Waals surface area contributed by atoms with Crippen LogP contribution in [0.15, 0.2) is 17.6 Å². The van der Waals surface area contributed by atoms with Crippen LogP contribution in [0.4, 0.5) is 0 Å². The van der Waals surface area contributed by atoms with Gasteiger partial charge in [0.15, 0.2) is 5.03 Å². The zero-order chi connectivity index (χ0) is 13.2. The van der Waals surface area contributed by atoms with E-state index in [1.807, 2.05) is 6.92 Å². The lowest BCUT2D eigenvalue weighted by Crippen LogP contribution is -2.46. The van der Waals surface area contributed by atoms with Crippen molar-refractivity contribution in [3.05, 3.63) is 12.5 Å². The summed E-state index contributed by atoms with van der Waals surface area (Å²) in [5.74, 6) is 0. The number of nitrogens with one attached hydrogen (secondary N) is 2. The van der Waals surface area contributed by atoms with E-state index in [1.165, 1.54) is 0 Å². The van der Waals surface area contributed by atoms with Crippen LogP contribution >= 0.6 is 12.4 Å². The van der Waals surface area contributed by atoms with Gasteiger partial charge in [0.05, 0.1) is 6.33 Å². The van der Waals surface area contributed by atoms with E-state index in [-0.39, 0.29) is 23.5 Å². The molecular weight excluding hydrogens is 288 g/mol. The molecule has 0 aromatic carbocycles. The molecule has 8 heteroatoms. The zero-order valence-electron chi connectivity index (χ0n) is 11.2. The first-order chi connectivity index (χ1) is 8.51. The summed E-state index contributed by atoms with van der Waals surface area (Å²) in [4.78, 5) is 3.94. The molecule has 1 aromatic rings. The van der Waals surface area contributed by atoms with Gasteiger partial charge in [0.2, 0.25) is 0 Å². The Bertz CT molecular complexity index is 503. The van der Waals surface area contributed by atoms with Gasteiger partial charge in [0, 0.05) is 24.8 Å². The van der Waals surface area contributed by atoms with Gasteiger partial charge in [-0.3, -0.25) is 0 Å². The third-order valence-corrected chi connectivity index (χ3v) is 4.60. The summed E-state index contributed by atoms with van der Waals surface area (Å²) in [5.41, 5.74) is 0. The molecule has 0 spiro atoms. The predicted molar refractivity (Wildman–Crippen MR) is 76.0 cm³/mol. The van der Waals surface area contributed by atoms with Crippen molar-refractivity contribution < 1.29 is 8.42 Å². The van der Waals surface area contributed by atoms with Gasteiger partial charge >= 0.3 is 0 Å². The van der Waals surface area contributed by atoms with E-state index in [4.69, 9.17) is 0 Å². The lowest BCUT2D eigenvalue weighted by molar-refractivity contribution is 0.361. The van der Waals surface area contributed by atoms with Gasteiger partial charge < -0.3 is 9.88 Å². The molecule has 1 aliphatic heterocycles. The summed E-state index contributed by atoms with van der Waals surface area (Å²) in [7, 11) is -3.48. The monoisotopic (exact) mass is 308 g/mol.